The van der Waals surface area contributed by atoms with Gasteiger partial charge in [0.1, 0.15) is 10.8 Å². The summed E-state index contributed by atoms with van der Waals surface area (Å²) in [4.78, 5) is 27.7. The SMILES string of the molecule is NC(=O)c1c(NC(=O)CN(Cc2ccccc2F)C2CC2)sc2c1CCC2. The molecular weight excluding hydrogens is 365 g/mol. The number of hydrogen-bond donors (Lipinski definition) is 2. The highest BCUT2D eigenvalue weighted by Gasteiger charge is 2.32. The number of primary amides is 1. The Labute approximate surface area is 161 Å². The summed E-state index contributed by atoms with van der Waals surface area (Å²) in [5.74, 6) is -0.940. The van der Waals surface area contributed by atoms with Gasteiger partial charge in [-0.25, -0.2) is 4.39 Å². The first kappa shape index (κ1) is 18.1. The van der Waals surface area contributed by atoms with Crippen LogP contribution in [0, 0.1) is 5.82 Å². The Hall–Kier alpha value is -2.25. The molecule has 1 aromatic carbocycles. The summed E-state index contributed by atoms with van der Waals surface area (Å²) in [7, 11) is 0. The smallest absolute Gasteiger partial charge is 0.251 e. The lowest BCUT2D eigenvalue weighted by Crippen LogP contribution is -2.35. The lowest BCUT2D eigenvalue weighted by Gasteiger charge is -2.21. The number of rotatable bonds is 7. The van der Waals surface area contributed by atoms with Gasteiger partial charge in [0.25, 0.3) is 5.91 Å². The molecule has 1 saturated carbocycles. The Balaban J connectivity index is 1.47. The van der Waals surface area contributed by atoms with Crippen molar-refractivity contribution < 1.29 is 14.0 Å². The molecule has 7 heteroatoms. The van der Waals surface area contributed by atoms with Gasteiger partial charge in [0, 0.05) is 23.0 Å². The third-order valence-corrected chi connectivity index (χ3v) is 6.37. The highest BCUT2D eigenvalue weighted by Crippen LogP contribution is 2.39. The van der Waals surface area contributed by atoms with Crippen molar-refractivity contribution in [3.05, 3.63) is 51.7 Å². The van der Waals surface area contributed by atoms with E-state index < -0.39 is 5.91 Å². The molecule has 2 aromatic rings. The number of nitrogens with two attached hydrogens (primary N) is 1. The molecule has 2 aliphatic carbocycles. The van der Waals surface area contributed by atoms with Crippen LogP contribution in [0.3, 0.4) is 0 Å². The van der Waals surface area contributed by atoms with Gasteiger partial charge in [-0.2, -0.15) is 0 Å². The van der Waals surface area contributed by atoms with E-state index in [9.17, 15) is 14.0 Å². The molecule has 0 spiro atoms. The van der Waals surface area contributed by atoms with E-state index in [1.807, 2.05) is 4.90 Å². The van der Waals surface area contributed by atoms with Crippen molar-refractivity contribution in [2.45, 2.75) is 44.7 Å². The second-order valence-electron chi connectivity index (χ2n) is 7.20. The first-order valence-corrected chi connectivity index (χ1v) is 10.1. The second-order valence-corrected chi connectivity index (χ2v) is 8.31. The van der Waals surface area contributed by atoms with Crippen molar-refractivity contribution in [1.82, 2.24) is 4.90 Å². The Morgan fingerprint density at radius 2 is 2.04 bits per heavy atom. The lowest BCUT2D eigenvalue weighted by atomic mass is 10.1. The predicted octanol–water partition coefficient (Wildman–Crippen LogP) is 3.08. The number of nitrogens with one attached hydrogen (secondary N) is 1. The molecule has 1 heterocycles. The molecule has 0 unspecified atom stereocenters. The molecule has 27 heavy (non-hydrogen) atoms. The summed E-state index contributed by atoms with van der Waals surface area (Å²) in [5, 5.41) is 3.43. The van der Waals surface area contributed by atoms with E-state index >= 15 is 0 Å². The second kappa shape index (κ2) is 7.40. The van der Waals surface area contributed by atoms with E-state index in [2.05, 4.69) is 5.32 Å². The molecule has 0 atom stereocenters. The Bertz CT molecular complexity index is 891. The molecule has 2 aliphatic rings. The number of halogens is 1. The maximum atomic E-state index is 14.0. The molecule has 0 bridgehead atoms. The van der Waals surface area contributed by atoms with Gasteiger partial charge < -0.3 is 11.1 Å². The summed E-state index contributed by atoms with van der Waals surface area (Å²) >= 11 is 1.45. The van der Waals surface area contributed by atoms with E-state index in [1.54, 1.807) is 18.2 Å². The van der Waals surface area contributed by atoms with E-state index in [0.29, 0.717) is 28.7 Å². The van der Waals surface area contributed by atoms with Gasteiger partial charge in [-0.05, 0) is 43.7 Å². The lowest BCUT2D eigenvalue weighted by molar-refractivity contribution is -0.117. The number of nitrogens with zero attached hydrogens (tertiary/aromatic N) is 1. The minimum absolute atomic E-state index is 0.166. The van der Waals surface area contributed by atoms with Crippen LogP contribution in [0.15, 0.2) is 24.3 Å². The first-order chi connectivity index (χ1) is 13.0. The van der Waals surface area contributed by atoms with Crippen LogP contribution in [0.1, 0.15) is 45.6 Å². The summed E-state index contributed by atoms with van der Waals surface area (Å²) in [6, 6.07) is 6.95. The Morgan fingerprint density at radius 1 is 1.26 bits per heavy atom. The number of hydrogen-bond acceptors (Lipinski definition) is 4. The van der Waals surface area contributed by atoms with Gasteiger partial charge in [0.05, 0.1) is 12.1 Å². The molecule has 5 nitrogen and oxygen atoms in total. The van der Waals surface area contributed by atoms with Crippen LogP contribution >= 0.6 is 11.3 Å². The normalized spacial score (nSPS) is 15.8. The van der Waals surface area contributed by atoms with Gasteiger partial charge in [-0.1, -0.05) is 18.2 Å². The van der Waals surface area contributed by atoms with Crippen molar-refractivity contribution in [2.24, 2.45) is 5.73 Å². The van der Waals surface area contributed by atoms with Gasteiger partial charge >= 0.3 is 0 Å². The fourth-order valence-electron chi connectivity index (χ4n) is 3.70. The molecule has 0 aliphatic heterocycles. The van der Waals surface area contributed by atoms with Gasteiger partial charge in [0.2, 0.25) is 5.91 Å². The van der Waals surface area contributed by atoms with Crippen molar-refractivity contribution in [3.8, 4) is 0 Å². The van der Waals surface area contributed by atoms with Crippen LogP contribution < -0.4 is 11.1 Å². The molecule has 2 amide bonds. The van der Waals surface area contributed by atoms with E-state index in [0.717, 1.165) is 42.5 Å². The molecule has 142 valence electrons. The number of benzene rings is 1. The number of amides is 2. The van der Waals surface area contributed by atoms with Gasteiger partial charge in [-0.15, -0.1) is 11.3 Å². The van der Waals surface area contributed by atoms with Crippen LogP contribution in [0.5, 0.6) is 0 Å². The molecule has 3 N–H and O–H groups in total. The Kier molecular flexibility index (Phi) is 4.97. The fraction of sp³-hybridized carbons (Fsp3) is 0.400. The Morgan fingerprint density at radius 3 is 2.74 bits per heavy atom. The van der Waals surface area contributed by atoms with Gasteiger partial charge in [-0.3, -0.25) is 14.5 Å². The number of fused-ring (bicyclic) bond motifs is 1. The monoisotopic (exact) mass is 387 g/mol. The van der Waals surface area contributed by atoms with E-state index in [1.165, 1.54) is 17.4 Å². The number of carbonyl (C=O) groups excluding carboxylic acids is 2. The topological polar surface area (TPSA) is 75.4 Å². The summed E-state index contributed by atoms with van der Waals surface area (Å²) < 4.78 is 14.0. The largest absolute Gasteiger partial charge is 0.365 e. The average molecular weight is 387 g/mol. The molecule has 0 saturated heterocycles. The maximum Gasteiger partial charge on any atom is 0.251 e. The highest BCUT2D eigenvalue weighted by atomic mass is 32.1. The van der Waals surface area contributed by atoms with E-state index in [-0.39, 0.29) is 18.3 Å². The first-order valence-electron chi connectivity index (χ1n) is 9.24. The van der Waals surface area contributed by atoms with Crippen molar-refractivity contribution in [2.75, 3.05) is 11.9 Å². The number of aryl methyl sites for hydroxylation is 1. The van der Waals surface area contributed by atoms with Crippen molar-refractivity contribution in [3.63, 3.8) is 0 Å². The zero-order valence-corrected chi connectivity index (χ0v) is 15.8. The van der Waals surface area contributed by atoms with Crippen LogP contribution in [0.25, 0.3) is 0 Å². The van der Waals surface area contributed by atoms with Crippen molar-refractivity contribution >= 4 is 28.2 Å². The van der Waals surface area contributed by atoms with Crippen LogP contribution in [-0.4, -0.2) is 29.3 Å². The molecule has 0 radical (unpaired) electrons. The molecular formula is C20H22FN3O2S. The maximum absolute atomic E-state index is 14.0. The third kappa shape index (κ3) is 3.89. The third-order valence-electron chi connectivity index (χ3n) is 5.16. The highest BCUT2D eigenvalue weighted by molar-refractivity contribution is 7.17. The summed E-state index contributed by atoms with van der Waals surface area (Å²) in [6.45, 7) is 0.564. The average Bonchev–Trinajstić information content (AvgIpc) is 3.27. The minimum atomic E-state index is -0.491. The molecule has 1 aromatic heterocycles. The summed E-state index contributed by atoms with van der Waals surface area (Å²) in [5.41, 5.74) is 7.60. The quantitative estimate of drug-likeness (QED) is 0.767. The molecule has 4 rings (SSSR count). The molecule has 1 fully saturated rings. The number of thiophene rings is 1. The van der Waals surface area contributed by atoms with Crippen LogP contribution in [-0.2, 0) is 24.2 Å². The predicted molar refractivity (Wildman–Crippen MR) is 103 cm³/mol. The van der Waals surface area contributed by atoms with Crippen LogP contribution in [0.2, 0.25) is 0 Å². The minimum Gasteiger partial charge on any atom is -0.365 e. The summed E-state index contributed by atoms with van der Waals surface area (Å²) in [6.07, 6.45) is 4.82. The number of carbonyl (C=O) groups is 2. The number of anilines is 1. The fourth-order valence-corrected chi connectivity index (χ4v) is 5.01. The van der Waals surface area contributed by atoms with Crippen molar-refractivity contribution in [1.29, 1.82) is 0 Å². The van der Waals surface area contributed by atoms with E-state index in [4.69, 9.17) is 5.73 Å². The van der Waals surface area contributed by atoms with Crippen LogP contribution in [0.4, 0.5) is 9.39 Å². The van der Waals surface area contributed by atoms with Gasteiger partial charge in [0.15, 0.2) is 0 Å². The standard InChI is InChI=1S/C20H22FN3O2S/c21-15-6-2-1-4-12(15)10-24(13-8-9-13)11-17(25)23-20-18(19(22)26)14-5-3-7-16(14)27-20/h1-2,4,6,13H,3,5,7-11H2,(H2,22,26)(H,23,25). The zero-order valence-electron chi connectivity index (χ0n) is 15.0. The zero-order chi connectivity index (χ0) is 19.0.